The van der Waals surface area contributed by atoms with Crippen molar-refractivity contribution < 1.29 is 9.53 Å². The van der Waals surface area contributed by atoms with E-state index in [9.17, 15) is 4.79 Å². The van der Waals surface area contributed by atoms with Gasteiger partial charge in [0.1, 0.15) is 0 Å². The van der Waals surface area contributed by atoms with Crippen LogP contribution in [0.5, 0.6) is 0 Å². The van der Waals surface area contributed by atoms with E-state index in [1.165, 1.54) is 0 Å². The summed E-state index contributed by atoms with van der Waals surface area (Å²) in [5, 5.41) is 3.02. The van der Waals surface area contributed by atoms with E-state index in [2.05, 4.69) is 12.2 Å². The first-order chi connectivity index (χ1) is 5.23. The third-order valence-electron chi connectivity index (χ3n) is 2.86. The maximum Gasteiger partial charge on any atom is 0.220 e. The molecule has 1 N–H and O–H groups in total. The minimum absolute atomic E-state index is 0.00926. The molecule has 3 nitrogen and oxygen atoms in total. The van der Waals surface area contributed by atoms with Gasteiger partial charge in [0.15, 0.2) is 0 Å². The maximum atomic E-state index is 11.1. The Kier molecular flexibility index (Phi) is 1.42. The highest BCUT2D eigenvalue weighted by molar-refractivity contribution is 5.78. The van der Waals surface area contributed by atoms with Crippen molar-refractivity contribution in [3.63, 3.8) is 0 Å². The van der Waals surface area contributed by atoms with Crippen LogP contribution in [0.25, 0.3) is 0 Å². The van der Waals surface area contributed by atoms with Crippen LogP contribution in [0.1, 0.15) is 19.8 Å². The minimum atomic E-state index is 0.00926. The molecule has 0 aromatic heterocycles. The summed E-state index contributed by atoms with van der Waals surface area (Å²) in [5.74, 6) is 0.764. The van der Waals surface area contributed by atoms with E-state index in [0.29, 0.717) is 25.6 Å². The molecule has 2 saturated heterocycles. The summed E-state index contributed by atoms with van der Waals surface area (Å²) in [6, 6.07) is 0. The number of piperidine rings is 1. The van der Waals surface area contributed by atoms with Crippen molar-refractivity contribution in [2.45, 2.75) is 25.3 Å². The number of hydrogen-bond donors (Lipinski definition) is 1. The average molecular weight is 155 g/mol. The molecular formula is C8H13NO2. The van der Waals surface area contributed by atoms with Crippen molar-refractivity contribution in [2.24, 2.45) is 5.92 Å². The van der Waals surface area contributed by atoms with Crippen LogP contribution in [-0.4, -0.2) is 24.7 Å². The van der Waals surface area contributed by atoms with E-state index in [-0.39, 0.29) is 11.4 Å². The Morgan fingerprint density at radius 3 is 2.82 bits per heavy atom. The highest BCUT2D eigenvalue weighted by Gasteiger charge is 2.46. The second-order valence-corrected chi connectivity index (χ2v) is 3.64. The van der Waals surface area contributed by atoms with Crippen molar-refractivity contribution in [2.75, 3.05) is 13.2 Å². The summed E-state index contributed by atoms with van der Waals surface area (Å²) in [5.41, 5.74) is 0.00926. The molecule has 3 heteroatoms. The number of nitrogens with one attached hydrogen (secondary N) is 1. The Morgan fingerprint density at radius 2 is 2.36 bits per heavy atom. The zero-order chi connectivity index (χ0) is 7.90. The molecule has 0 saturated carbocycles. The SMILES string of the molecule is CC1CCC(=O)NC12COC2. The molecule has 2 rings (SSSR count). The predicted octanol–water partition coefficient (Wildman–Crippen LogP) is 0.301. The summed E-state index contributed by atoms with van der Waals surface area (Å²) >= 11 is 0. The molecule has 0 aromatic rings. The fourth-order valence-electron chi connectivity index (χ4n) is 1.77. The molecule has 62 valence electrons. The van der Waals surface area contributed by atoms with Gasteiger partial charge in [0.25, 0.3) is 0 Å². The van der Waals surface area contributed by atoms with E-state index >= 15 is 0 Å². The minimum Gasteiger partial charge on any atom is -0.376 e. The molecule has 0 aliphatic carbocycles. The fraction of sp³-hybridized carbons (Fsp3) is 0.875. The summed E-state index contributed by atoms with van der Waals surface area (Å²) in [6.45, 7) is 3.60. The molecule has 11 heavy (non-hydrogen) atoms. The number of carbonyl (C=O) groups is 1. The largest absolute Gasteiger partial charge is 0.376 e. The van der Waals surface area contributed by atoms with Gasteiger partial charge in [-0.2, -0.15) is 0 Å². The topological polar surface area (TPSA) is 38.3 Å². The summed E-state index contributed by atoms with van der Waals surface area (Å²) < 4.78 is 5.12. The van der Waals surface area contributed by atoms with Gasteiger partial charge in [-0.15, -0.1) is 0 Å². The molecular weight excluding hydrogens is 142 g/mol. The lowest BCUT2D eigenvalue weighted by Gasteiger charge is -2.49. The van der Waals surface area contributed by atoms with E-state index < -0.39 is 0 Å². The number of rotatable bonds is 0. The van der Waals surface area contributed by atoms with Gasteiger partial charge in [0, 0.05) is 6.42 Å². The molecule has 1 atom stereocenters. The standard InChI is InChI=1S/C8H13NO2/c1-6-2-3-7(10)9-8(6)4-11-5-8/h6H,2-5H2,1H3,(H,9,10). The van der Waals surface area contributed by atoms with Crippen LogP contribution in [0, 0.1) is 5.92 Å². The Morgan fingerprint density at radius 1 is 1.64 bits per heavy atom. The van der Waals surface area contributed by atoms with Gasteiger partial charge in [-0.1, -0.05) is 6.92 Å². The quantitative estimate of drug-likeness (QED) is 0.546. The second-order valence-electron chi connectivity index (χ2n) is 3.64. The lowest BCUT2D eigenvalue weighted by Crippen LogP contribution is -2.67. The van der Waals surface area contributed by atoms with Crippen molar-refractivity contribution >= 4 is 5.91 Å². The van der Waals surface area contributed by atoms with Gasteiger partial charge in [0.05, 0.1) is 18.8 Å². The number of carbonyl (C=O) groups excluding carboxylic acids is 1. The number of hydrogen-bond acceptors (Lipinski definition) is 2. The van der Waals surface area contributed by atoms with Crippen LogP contribution in [0.2, 0.25) is 0 Å². The van der Waals surface area contributed by atoms with Crippen molar-refractivity contribution in [1.82, 2.24) is 5.32 Å². The van der Waals surface area contributed by atoms with Gasteiger partial charge in [-0.3, -0.25) is 4.79 Å². The molecule has 0 aromatic carbocycles. The Balaban J connectivity index is 2.10. The normalized spacial score (nSPS) is 34.6. The number of ether oxygens (including phenoxy) is 1. The second kappa shape index (κ2) is 2.21. The summed E-state index contributed by atoms with van der Waals surface area (Å²) in [6.07, 6.45) is 1.69. The van der Waals surface area contributed by atoms with Crippen LogP contribution in [0.4, 0.5) is 0 Å². The van der Waals surface area contributed by atoms with Gasteiger partial charge in [-0.25, -0.2) is 0 Å². The molecule has 1 unspecified atom stereocenters. The van der Waals surface area contributed by atoms with Crippen LogP contribution >= 0.6 is 0 Å². The molecule has 2 heterocycles. The smallest absolute Gasteiger partial charge is 0.220 e. The molecule has 0 radical (unpaired) electrons. The first-order valence-electron chi connectivity index (χ1n) is 4.12. The lowest BCUT2D eigenvalue weighted by atomic mass is 9.77. The number of amides is 1. The van der Waals surface area contributed by atoms with Crippen molar-refractivity contribution in [3.8, 4) is 0 Å². The van der Waals surface area contributed by atoms with E-state index in [1.807, 2.05) is 0 Å². The lowest BCUT2D eigenvalue weighted by molar-refractivity contribution is -0.147. The predicted molar refractivity (Wildman–Crippen MR) is 40.1 cm³/mol. The Labute approximate surface area is 66.1 Å². The van der Waals surface area contributed by atoms with E-state index in [1.54, 1.807) is 0 Å². The third kappa shape index (κ3) is 0.948. The third-order valence-corrected chi connectivity index (χ3v) is 2.86. The summed E-state index contributed by atoms with van der Waals surface area (Å²) in [4.78, 5) is 11.1. The van der Waals surface area contributed by atoms with E-state index in [0.717, 1.165) is 6.42 Å². The van der Waals surface area contributed by atoms with Gasteiger partial charge in [-0.05, 0) is 12.3 Å². The van der Waals surface area contributed by atoms with Gasteiger partial charge < -0.3 is 10.1 Å². The van der Waals surface area contributed by atoms with Crippen LogP contribution in [0.3, 0.4) is 0 Å². The van der Waals surface area contributed by atoms with Crippen LogP contribution < -0.4 is 5.32 Å². The van der Waals surface area contributed by atoms with Crippen LogP contribution in [0.15, 0.2) is 0 Å². The van der Waals surface area contributed by atoms with Gasteiger partial charge >= 0.3 is 0 Å². The highest BCUT2D eigenvalue weighted by atomic mass is 16.5. The van der Waals surface area contributed by atoms with Crippen molar-refractivity contribution in [3.05, 3.63) is 0 Å². The monoisotopic (exact) mass is 155 g/mol. The Bertz CT molecular complexity index is 187. The zero-order valence-electron chi connectivity index (χ0n) is 6.72. The van der Waals surface area contributed by atoms with Crippen LogP contribution in [-0.2, 0) is 9.53 Å². The molecule has 2 fully saturated rings. The molecule has 2 aliphatic rings. The Hall–Kier alpha value is -0.570. The van der Waals surface area contributed by atoms with Gasteiger partial charge in [0.2, 0.25) is 5.91 Å². The highest BCUT2D eigenvalue weighted by Crippen LogP contribution is 2.32. The van der Waals surface area contributed by atoms with Crippen molar-refractivity contribution in [1.29, 1.82) is 0 Å². The average Bonchev–Trinajstić information content (AvgIpc) is 1.91. The first kappa shape index (κ1) is 7.10. The summed E-state index contributed by atoms with van der Waals surface area (Å²) in [7, 11) is 0. The zero-order valence-corrected chi connectivity index (χ0v) is 6.72. The fourth-order valence-corrected chi connectivity index (χ4v) is 1.77. The molecule has 1 amide bonds. The molecule has 2 aliphatic heterocycles. The molecule has 1 spiro atoms. The van der Waals surface area contributed by atoms with E-state index in [4.69, 9.17) is 4.74 Å². The maximum absolute atomic E-state index is 11.1. The first-order valence-corrected chi connectivity index (χ1v) is 4.12. The molecule has 0 bridgehead atoms.